The van der Waals surface area contributed by atoms with Crippen molar-refractivity contribution in [3.05, 3.63) is 81.6 Å². The fourth-order valence-corrected chi connectivity index (χ4v) is 5.04. The summed E-state index contributed by atoms with van der Waals surface area (Å²) in [6.07, 6.45) is 2.28. The number of rotatable bonds is 6. The highest BCUT2D eigenvalue weighted by Gasteiger charge is 2.29. The molecule has 0 saturated carbocycles. The zero-order valence-electron chi connectivity index (χ0n) is 18.4. The Hall–Kier alpha value is -3.30. The molecule has 0 radical (unpaired) electrons. The van der Waals surface area contributed by atoms with Gasteiger partial charge in [-0.1, -0.05) is 55.5 Å². The van der Waals surface area contributed by atoms with E-state index in [1.807, 2.05) is 37.3 Å². The number of aromatic nitrogens is 2. The molecule has 0 bridgehead atoms. The van der Waals surface area contributed by atoms with Gasteiger partial charge in [-0.25, -0.2) is 13.1 Å². The van der Waals surface area contributed by atoms with Crippen molar-refractivity contribution in [2.24, 2.45) is 0 Å². The van der Waals surface area contributed by atoms with E-state index in [1.165, 1.54) is 14.4 Å². The van der Waals surface area contributed by atoms with Crippen molar-refractivity contribution in [3.63, 3.8) is 0 Å². The van der Waals surface area contributed by atoms with Gasteiger partial charge in [0.1, 0.15) is 0 Å². The number of hydrogen-bond donors (Lipinski definition) is 0. The molecule has 0 unspecified atom stereocenters. The van der Waals surface area contributed by atoms with E-state index in [4.69, 9.17) is 0 Å². The van der Waals surface area contributed by atoms with Crippen LogP contribution in [0, 0.1) is 0 Å². The zero-order valence-corrected chi connectivity index (χ0v) is 19.2. The summed E-state index contributed by atoms with van der Waals surface area (Å²) in [7, 11) is -3.60. The molecule has 8 nitrogen and oxygen atoms in total. The highest BCUT2D eigenvalue weighted by atomic mass is 32.2. The van der Waals surface area contributed by atoms with Gasteiger partial charge in [0.2, 0.25) is 10.0 Å². The van der Waals surface area contributed by atoms with Gasteiger partial charge in [-0.2, -0.15) is 9.40 Å². The molecule has 9 heteroatoms. The van der Waals surface area contributed by atoms with Crippen LogP contribution in [-0.2, 0) is 16.6 Å². The third-order valence-electron chi connectivity index (χ3n) is 5.62. The first kappa shape index (κ1) is 22.9. The van der Waals surface area contributed by atoms with Crippen LogP contribution in [0.3, 0.4) is 0 Å². The first-order valence-corrected chi connectivity index (χ1v) is 12.4. The van der Waals surface area contributed by atoms with E-state index in [2.05, 4.69) is 5.10 Å². The molecular weight excluding hydrogens is 440 g/mol. The van der Waals surface area contributed by atoms with Gasteiger partial charge in [0, 0.05) is 43.5 Å². The maximum Gasteiger partial charge on any atom is 0.275 e. The normalized spacial score (nSPS) is 15.4. The quantitative estimate of drug-likeness (QED) is 0.557. The first-order chi connectivity index (χ1) is 15.9. The highest BCUT2D eigenvalue weighted by Crippen LogP contribution is 2.18. The Balaban J connectivity index is 1.52. The summed E-state index contributed by atoms with van der Waals surface area (Å²) >= 11 is 0. The molecule has 1 aliphatic rings. The Morgan fingerprint density at radius 2 is 1.61 bits per heavy atom. The summed E-state index contributed by atoms with van der Waals surface area (Å²) in [4.78, 5) is 27.6. The number of carbonyl (C=O) groups is 1. The number of hydrogen-bond acceptors (Lipinski definition) is 5. The molecule has 1 fully saturated rings. The second kappa shape index (κ2) is 9.68. The van der Waals surface area contributed by atoms with Gasteiger partial charge < -0.3 is 4.90 Å². The lowest BCUT2D eigenvalue weighted by Crippen LogP contribution is -2.50. The lowest BCUT2D eigenvalue weighted by molar-refractivity contribution is 0.0692. The monoisotopic (exact) mass is 466 g/mol. The minimum absolute atomic E-state index is 0.194. The van der Waals surface area contributed by atoms with Crippen LogP contribution in [0.15, 0.2) is 64.8 Å². The van der Waals surface area contributed by atoms with Crippen molar-refractivity contribution in [2.75, 3.05) is 26.2 Å². The summed E-state index contributed by atoms with van der Waals surface area (Å²) in [6, 6.07) is 16.2. The van der Waals surface area contributed by atoms with Crippen LogP contribution < -0.4 is 5.56 Å². The lowest BCUT2D eigenvalue weighted by Gasteiger charge is -2.33. The molecule has 1 aliphatic heterocycles. The molecule has 172 valence electrons. The molecular formula is C24H26N4O4S. The van der Waals surface area contributed by atoms with Gasteiger partial charge in [-0.3, -0.25) is 9.59 Å². The number of carbonyl (C=O) groups excluding carboxylic acids is 1. The van der Waals surface area contributed by atoms with Crippen LogP contribution in [-0.4, -0.2) is 59.5 Å². The number of amides is 1. The smallest absolute Gasteiger partial charge is 0.275 e. The number of sulfonamides is 1. The predicted molar refractivity (Wildman–Crippen MR) is 128 cm³/mol. The molecule has 2 heterocycles. The average Bonchev–Trinajstić information content (AvgIpc) is 2.85. The fraction of sp³-hybridized carbons (Fsp3) is 0.292. The van der Waals surface area contributed by atoms with Crippen LogP contribution >= 0.6 is 0 Å². The van der Waals surface area contributed by atoms with Crippen LogP contribution in [0.1, 0.15) is 29.4 Å². The van der Waals surface area contributed by atoms with Crippen LogP contribution in [0.4, 0.5) is 0 Å². The first-order valence-electron chi connectivity index (χ1n) is 10.9. The predicted octanol–water partition coefficient (Wildman–Crippen LogP) is 2.57. The summed E-state index contributed by atoms with van der Waals surface area (Å²) in [5, 5.41) is 6.54. The minimum Gasteiger partial charge on any atom is -0.335 e. The van der Waals surface area contributed by atoms with E-state index < -0.39 is 10.0 Å². The van der Waals surface area contributed by atoms with Gasteiger partial charge in [0.05, 0.1) is 5.39 Å². The van der Waals surface area contributed by atoms with Crippen molar-refractivity contribution < 1.29 is 13.2 Å². The SMILES string of the molecule is CCCn1nc(C(=O)N2CCN(S(=O)(=O)C=Cc3ccccc3)CC2)c2ccccc2c1=O. The van der Waals surface area contributed by atoms with Crippen LogP contribution in [0.5, 0.6) is 0 Å². The topological polar surface area (TPSA) is 92.6 Å². The standard InChI is InChI=1S/C24H26N4O4S/c1-2-13-28-23(29)21-11-7-6-10-20(21)22(25-28)24(30)26-14-16-27(17-15-26)33(31,32)18-12-19-8-4-3-5-9-19/h3-12,18H,2,13-17H2,1H3. The molecule has 1 aromatic heterocycles. The van der Waals surface area contributed by atoms with E-state index in [1.54, 1.807) is 35.2 Å². The summed E-state index contributed by atoms with van der Waals surface area (Å²) in [5.74, 6) is -0.298. The third-order valence-corrected chi connectivity index (χ3v) is 7.19. The Morgan fingerprint density at radius 1 is 0.970 bits per heavy atom. The minimum atomic E-state index is -3.60. The van der Waals surface area contributed by atoms with Gasteiger partial charge in [0.15, 0.2) is 5.69 Å². The molecule has 0 N–H and O–H groups in total. The Morgan fingerprint density at radius 3 is 2.27 bits per heavy atom. The van der Waals surface area contributed by atoms with Gasteiger partial charge in [-0.05, 0) is 24.1 Å². The zero-order chi connectivity index (χ0) is 23.4. The van der Waals surface area contributed by atoms with Crippen LogP contribution in [0.25, 0.3) is 16.8 Å². The molecule has 0 spiro atoms. The fourth-order valence-electron chi connectivity index (χ4n) is 3.87. The van der Waals surface area contributed by atoms with E-state index in [-0.39, 0.29) is 43.3 Å². The van der Waals surface area contributed by atoms with Gasteiger partial charge in [-0.15, -0.1) is 0 Å². The molecule has 1 amide bonds. The second-order valence-corrected chi connectivity index (χ2v) is 9.69. The molecule has 33 heavy (non-hydrogen) atoms. The van der Waals surface area contributed by atoms with E-state index in [9.17, 15) is 18.0 Å². The van der Waals surface area contributed by atoms with Gasteiger partial charge in [0.25, 0.3) is 11.5 Å². The maximum atomic E-state index is 13.3. The molecule has 4 rings (SSSR count). The third kappa shape index (κ3) is 4.89. The van der Waals surface area contributed by atoms with Crippen molar-refractivity contribution in [2.45, 2.75) is 19.9 Å². The van der Waals surface area contributed by atoms with Gasteiger partial charge >= 0.3 is 0 Å². The molecule has 3 aromatic rings. The second-order valence-electron chi connectivity index (χ2n) is 7.87. The average molecular weight is 467 g/mol. The van der Waals surface area contributed by atoms with E-state index in [0.717, 1.165) is 5.56 Å². The number of nitrogens with zero attached hydrogens (tertiary/aromatic N) is 4. The highest BCUT2D eigenvalue weighted by molar-refractivity contribution is 7.92. The lowest BCUT2D eigenvalue weighted by atomic mass is 10.1. The number of fused-ring (bicyclic) bond motifs is 1. The van der Waals surface area contributed by atoms with E-state index >= 15 is 0 Å². The number of benzene rings is 2. The van der Waals surface area contributed by atoms with E-state index in [0.29, 0.717) is 23.7 Å². The largest absolute Gasteiger partial charge is 0.335 e. The molecule has 2 aromatic carbocycles. The van der Waals surface area contributed by atoms with Crippen molar-refractivity contribution in [3.8, 4) is 0 Å². The molecule has 1 saturated heterocycles. The van der Waals surface area contributed by atoms with Crippen molar-refractivity contribution in [1.82, 2.24) is 19.0 Å². The Bertz CT molecular complexity index is 1340. The summed E-state index contributed by atoms with van der Waals surface area (Å²) < 4.78 is 28.2. The summed E-state index contributed by atoms with van der Waals surface area (Å²) in [5.41, 5.74) is 0.805. The Labute approximate surface area is 192 Å². The van der Waals surface area contributed by atoms with Crippen molar-refractivity contribution >= 4 is 32.8 Å². The maximum absolute atomic E-state index is 13.3. The summed E-state index contributed by atoms with van der Waals surface area (Å²) in [6.45, 7) is 3.25. The molecule has 0 atom stereocenters. The van der Waals surface area contributed by atoms with Crippen molar-refractivity contribution in [1.29, 1.82) is 0 Å². The van der Waals surface area contributed by atoms with Crippen LogP contribution in [0.2, 0.25) is 0 Å². The number of piperazine rings is 1. The molecule has 0 aliphatic carbocycles. The number of aryl methyl sites for hydroxylation is 1. The Kier molecular flexibility index (Phi) is 6.71.